The number of nitrogens with one attached hydrogen (secondary N) is 1. The standard InChI is InChI=1S/C25H25N3O3S/c1-15-10-11-20(16(2)12-15)26-21(29)14-28-24-22(17(3)18(4)32-24)23(30)27(25(28)31)13-19-8-6-5-7-9-19/h5-12H,13-14H2,1-4H3,(H,26,29). The van der Waals surface area contributed by atoms with E-state index in [0.717, 1.165) is 27.1 Å². The van der Waals surface area contributed by atoms with Gasteiger partial charge in [0.05, 0.1) is 11.9 Å². The van der Waals surface area contributed by atoms with Gasteiger partial charge < -0.3 is 5.32 Å². The molecule has 4 rings (SSSR count). The Balaban J connectivity index is 1.79. The molecule has 2 aromatic heterocycles. The molecule has 4 aromatic rings. The summed E-state index contributed by atoms with van der Waals surface area (Å²) < 4.78 is 2.64. The normalized spacial score (nSPS) is 11.1. The fourth-order valence-electron chi connectivity index (χ4n) is 3.84. The Bertz CT molecular complexity index is 1450. The van der Waals surface area contributed by atoms with Crippen molar-refractivity contribution in [2.24, 2.45) is 0 Å². The average Bonchev–Trinajstić information content (AvgIpc) is 3.06. The van der Waals surface area contributed by atoms with Crippen molar-refractivity contribution in [3.63, 3.8) is 0 Å². The second-order valence-electron chi connectivity index (χ2n) is 8.08. The van der Waals surface area contributed by atoms with Crippen molar-refractivity contribution in [1.29, 1.82) is 0 Å². The first-order chi connectivity index (χ1) is 15.3. The van der Waals surface area contributed by atoms with E-state index in [1.54, 1.807) is 0 Å². The summed E-state index contributed by atoms with van der Waals surface area (Å²) in [5.74, 6) is -0.311. The summed E-state index contributed by atoms with van der Waals surface area (Å²) in [6.07, 6.45) is 0. The van der Waals surface area contributed by atoms with E-state index in [0.29, 0.717) is 15.9 Å². The number of nitrogens with zero attached hydrogens (tertiary/aromatic N) is 2. The van der Waals surface area contributed by atoms with Crippen LogP contribution in [0.25, 0.3) is 10.2 Å². The maximum Gasteiger partial charge on any atom is 0.332 e. The number of thiophene rings is 1. The van der Waals surface area contributed by atoms with Crippen molar-refractivity contribution in [1.82, 2.24) is 9.13 Å². The van der Waals surface area contributed by atoms with E-state index >= 15 is 0 Å². The minimum atomic E-state index is -0.483. The summed E-state index contributed by atoms with van der Waals surface area (Å²) in [4.78, 5) is 41.0. The second kappa shape index (κ2) is 8.59. The predicted molar refractivity (Wildman–Crippen MR) is 130 cm³/mol. The molecule has 32 heavy (non-hydrogen) atoms. The minimum absolute atomic E-state index is 0.154. The number of anilines is 1. The van der Waals surface area contributed by atoms with E-state index in [1.807, 2.05) is 76.2 Å². The highest BCUT2D eigenvalue weighted by molar-refractivity contribution is 7.18. The molecule has 2 aromatic carbocycles. The zero-order chi connectivity index (χ0) is 23.0. The van der Waals surface area contributed by atoms with Crippen LogP contribution < -0.4 is 16.6 Å². The molecule has 6 nitrogen and oxygen atoms in total. The average molecular weight is 448 g/mol. The number of carbonyl (C=O) groups is 1. The van der Waals surface area contributed by atoms with Gasteiger partial charge in [-0.25, -0.2) is 4.79 Å². The Morgan fingerprint density at radius 1 is 0.969 bits per heavy atom. The molecule has 0 fully saturated rings. The molecule has 0 aliphatic rings. The van der Waals surface area contributed by atoms with Crippen molar-refractivity contribution in [2.75, 3.05) is 5.32 Å². The fourth-order valence-corrected chi connectivity index (χ4v) is 4.98. The third-order valence-corrected chi connectivity index (χ3v) is 6.90. The van der Waals surface area contributed by atoms with Crippen LogP contribution in [0, 0.1) is 27.7 Å². The van der Waals surface area contributed by atoms with Gasteiger partial charge in [-0.1, -0.05) is 48.0 Å². The van der Waals surface area contributed by atoms with E-state index in [1.165, 1.54) is 20.5 Å². The molecule has 0 saturated carbocycles. The quantitative estimate of drug-likeness (QED) is 0.500. The maximum atomic E-state index is 13.4. The first kappa shape index (κ1) is 21.8. The number of rotatable bonds is 5. The molecule has 0 spiro atoms. The summed E-state index contributed by atoms with van der Waals surface area (Å²) in [6, 6.07) is 15.2. The van der Waals surface area contributed by atoms with Gasteiger partial charge in [0.25, 0.3) is 5.56 Å². The van der Waals surface area contributed by atoms with Crippen molar-refractivity contribution >= 4 is 33.1 Å². The summed E-state index contributed by atoms with van der Waals surface area (Å²) in [7, 11) is 0. The molecular formula is C25H25N3O3S. The van der Waals surface area contributed by atoms with Gasteiger partial charge in [-0.2, -0.15) is 0 Å². The fraction of sp³-hybridized carbons (Fsp3) is 0.240. The largest absolute Gasteiger partial charge is 0.332 e. The molecule has 0 aliphatic heterocycles. The summed E-state index contributed by atoms with van der Waals surface area (Å²) in [5, 5.41) is 3.40. The Kier molecular flexibility index (Phi) is 5.84. The van der Waals surface area contributed by atoms with Crippen LogP contribution in [0.4, 0.5) is 5.69 Å². The lowest BCUT2D eigenvalue weighted by Gasteiger charge is -2.13. The van der Waals surface area contributed by atoms with Gasteiger partial charge in [0, 0.05) is 10.6 Å². The van der Waals surface area contributed by atoms with Crippen molar-refractivity contribution in [3.05, 3.63) is 96.5 Å². The Labute approximate surface area is 189 Å². The monoisotopic (exact) mass is 447 g/mol. The van der Waals surface area contributed by atoms with Gasteiger partial charge in [0.2, 0.25) is 5.91 Å². The Morgan fingerprint density at radius 3 is 2.38 bits per heavy atom. The molecule has 0 bridgehead atoms. The lowest BCUT2D eigenvalue weighted by molar-refractivity contribution is -0.116. The smallest absolute Gasteiger partial charge is 0.324 e. The van der Waals surface area contributed by atoms with Crippen LogP contribution in [0.2, 0.25) is 0 Å². The summed E-state index contributed by atoms with van der Waals surface area (Å²) >= 11 is 1.37. The highest BCUT2D eigenvalue weighted by atomic mass is 32.1. The molecule has 1 amide bonds. The lowest BCUT2D eigenvalue weighted by Crippen LogP contribution is -2.41. The topological polar surface area (TPSA) is 73.1 Å². The molecule has 0 atom stereocenters. The highest BCUT2D eigenvalue weighted by Crippen LogP contribution is 2.27. The van der Waals surface area contributed by atoms with Crippen molar-refractivity contribution < 1.29 is 4.79 Å². The van der Waals surface area contributed by atoms with Gasteiger partial charge in [-0.15, -0.1) is 11.3 Å². The second-order valence-corrected chi connectivity index (χ2v) is 9.28. The zero-order valence-corrected chi connectivity index (χ0v) is 19.4. The maximum absolute atomic E-state index is 13.4. The Hall–Kier alpha value is -3.45. The molecule has 7 heteroatoms. The number of aromatic nitrogens is 2. The van der Waals surface area contributed by atoms with E-state index < -0.39 is 5.69 Å². The molecule has 2 heterocycles. The van der Waals surface area contributed by atoms with Gasteiger partial charge in [0.1, 0.15) is 11.4 Å². The van der Waals surface area contributed by atoms with Crippen LogP contribution in [0.1, 0.15) is 27.1 Å². The highest BCUT2D eigenvalue weighted by Gasteiger charge is 2.20. The van der Waals surface area contributed by atoms with Gasteiger partial charge in [-0.3, -0.25) is 18.7 Å². The van der Waals surface area contributed by atoms with E-state index in [-0.39, 0.29) is 24.6 Å². The van der Waals surface area contributed by atoms with Crippen LogP contribution in [0.3, 0.4) is 0 Å². The number of hydrogen-bond acceptors (Lipinski definition) is 4. The molecular weight excluding hydrogens is 422 g/mol. The number of benzene rings is 2. The van der Waals surface area contributed by atoms with Gasteiger partial charge in [-0.05, 0) is 50.5 Å². The number of hydrogen-bond donors (Lipinski definition) is 1. The predicted octanol–water partition coefficient (Wildman–Crippen LogP) is 4.15. The van der Waals surface area contributed by atoms with E-state index in [4.69, 9.17) is 0 Å². The van der Waals surface area contributed by atoms with Crippen LogP contribution >= 0.6 is 11.3 Å². The van der Waals surface area contributed by atoms with Crippen LogP contribution in [0.15, 0.2) is 58.1 Å². The number of fused-ring (bicyclic) bond motifs is 1. The van der Waals surface area contributed by atoms with Crippen molar-refractivity contribution in [3.8, 4) is 0 Å². The number of aryl methyl sites for hydroxylation is 4. The molecule has 164 valence electrons. The number of amides is 1. The first-order valence-electron chi connectivity index (χ1n) is 10.4. The molecule has 0 radical (unpaired) electrons. The van der Waals surface area contributed by atoms with Crippen LogP contribution in [0.5, 0.6) is 0 Å². The third-order valence-electron chi connectivity index (χ3n) is 5.67. The molecule has 0 aliphatic carbocycles. The lowest BCUT2D eigenvalue weighted by atomic mass is 10.1. The summed E-state index contributed by atoms with van der Waals surface area (Å²) in [5.41, 5.74) is 3.66. The van der Waals surface area contributed by atoms with Gasteiger partial charge >= 0.3 is 5.69 Å². The van der Waals surface area contributed by atoms with E-state index in [2.05, 4.69) is 5.32 Å². The van der Waals surface area contributed by atoms with Crippen molar-refractivity contribution in [2.45, 2.75) is 40.8 Å². The van der Waals surface area contributed by atoms with Crippen LogP contribution in [-0.4, -0.2) is 15.0 Å². The number of carbonyl (C=O) groups excluding carboxylic acids is 1. The van der Waals surface area contributed by atoms with E-state index in [9.17, 15) is 14.4 Å². The minimum Gasteiger partial charge on any atom is -0.324 e. The first-order valence-corrected chi connectivity index (χ1v) is 11.2. The molecule has 0 saturated heterocycles. The zero-order valence-electron chi connectivity index (χ0n) is 18.6. The molecule has 1 N–H and O–H groups in total. The third kappa shape index (κ3) is 4.03. The summed E-state index contributed by atoms with van der Waals surface area (Å²) in [6.45, 7) is 7.71. The SMILES string of the molecule is Cc1ccc(NC(=O)Cn2c(=O)n(Cc3ccccc3)c(=O)c3c(C)c(C)sc32)c(C)c1. The van der Waals surface area contributed by atoms with Gasteiger partial charge in [0.15, 0.2) is 0 Å². The van der Waals surface area contributed by atoms with Crippen LogP contribution in [-0.2, 0) is 17.9 Å². The Morgan fingerprint density at radius 2 is 1.69 bits per heavy atom. The molecule has 0 unspecified atom stereocenters.